The molecule has 0 bridgehead atoms. The van der Waals surface area contributed by atoms with Crippen LogP contribution in [0.4, 0.5) is 17.6 Å². The molecule has 5 rings (SSSR count). The number of Topliss-reactive ketones (excluding diaryl/α,β-unsaturated/α-hetero) is 1. The quantitative estimate of drug-likeness (QED) is 0.445. The molecule has 0 radical (unpaired) electrons. The molecule has 2 aromatic heterocycles. The molecule has 3 heterocycles. The summed E-state index contributed by atoms with van der Waals surface area (Å²) in [6.45, 7) is 1.28. The fraction of sp³-hybridized carbons (Fsp3) is 0.400. The van der Waals surface area contributed by atoms with E-state index in [1.54, 1.807) is 19.1 Å². The number of hydrogen-bond acceptors (Lipinski definition) is 5. The smallest absolute Gasteiger partial charge is 0.364 e. The number of likely N-dealkylation sites (tertiary alicyclic amines) is 1. The summed E-state index contributed by atoms with van der Waals surface area (Å²) in [5.41, 5.74) is 4.00. The van der Waals surface area contributed by atoms with Gasteiger partial charge in [-0.1, -0.05) is 30.7 Å². The lowest BCUT2D eigenvalue weighted by Crippen LogP contribution is -2.45. The van der Waals surface area contributed by atoms with Crippen LogP contribution in [-0.4, -0.2) is 49.3 Å². The second kappa shape index (κ2) is 9.33. The maximum absolute atomic E-state index is 14.5. The fourth-order valence-electron chi connectivity index (χ4n) is 5.29. The molecule has 1 saturated heterocycles. The Morgan fingerprint density at radius 2 is 1.97 bits per heavy atom. The number of nitrogens with zero attached hydrogens (tertiary/aromatic N) is 4. The number of rotatable bonds is 7. The van der Waals surface area contributed by atoms with Gasteiger partial charge in [-0.15, -0.1) is 0 Å². The summed E-state index contributed by atoms with van der Waals surface area (Å²) in [5, 5.41) is 3.77. The van der Waals surface area contributed by atoms with Crippen LogP contribution < -0.4 is 5.73 Å². The minimum atomic E-state index is -4.75. The zero-order chi connectivity index (χ0) is 27.5. The van der Waals surface area contributed by atoms with Crippen molar-refractivity contribution in [1.82, 2.24) is 19.7 Å². The first-order valence-electron chi connectivity index (χ1n) is 11.9. The molecule has 4 atom stereocenters. The molecule has 200 valence electrons. The van der Waals surface area contributed by atoms with Gasteiger partial charge in [0.05, 0.1) is 22.8 Å². The summed E-state index contributed by atoms with van der Waals surface area (Å²) in [6.07, 6.45) is -2.67. The number of amides is 2. The topological polar surface area (TPSA) is 111 Å². The first-order valence-corrected chi connectivity index (χ1v) is 12.3. The largest absolute Gasteiger partial charge is 0.433 e. The van der Waals surface area contributed by atoms with Crippen molar-refractivity contribution in [2.24, 2.45) is 11.7 Å². The third kappa shape index (κ3) is 4.61. The molecule has 3 aromatic rings. The number of benzene rings is 1. The van der Waals surface area contributed by atoms with Crippen LogP contribution in [0.3, 0.4) is 0 Å². The Kier molecular flexibility index (Phi) is 6.41. The van der Waals surface area contributed by atoms with Gasteiger partial charge in [0.1, 0.15) is 18.1 Å². The van der Waals surface area contributed by atoms with Gasteiger partial charge >= 0.3 is 6.18 Å². The normalized spacial score (nSPS) is 21.4. The minimum absolute atomic E-state index is 0.00812. The Labute approximate surface area is 218 Å². The van der Waals surface area contributed by atoms with Crippen LogP contribution in [-0.2, 0) is 22.3 Å². The van der Waals surface area contributed by atoms with E-state index in [4.69, 9.17) is 17.3 Å². The molecular formula is C25H22ClF4N5O3. The molecule has 1 aliphatic carbocycles. The van der Waals surface area contributed by atoms with Crippen molar-refractivity contribution in [3.63, 3.8) is 0 Å². The van der Waals surface area contributed by atoms with Gasteiger partial charge in [0.25, 0.3) is 5.91 Å². The number of piperidine rings is 1. The molecule has 1 saturated carbocycles. The highest BCUT2D eigenvalue weighted by Crippen LogP contribution is 2.48. The maximum atomic E-state index is 14.5. The Morgan fingerprint density at radius 3 is 2.66 bits per heavy atom. The average molecular weight is 552 g/mol. The van der Waals surface area contributed by atoms with Crippen LogP contribution in [0.15, 0.2) is 30.5 Å². The molecule has 2 aliphatic rings. The van der Waals surface area contributed by atoms with Crippen LogP contribution >= 0.6 is 11.6 Å². The van der Waals surface area contributed by atoms with E-state index in [1.165, 1.54) is 11.0 Å². The highest BCUT2D eigenvalue weighted by molar-refractivity contribution is 6.30. The van der Waals surface area contributed by atoms with Crippen LogP contribution in [0.5, 0.6) is 0 Å². The van der Waals surface area contributed by atoms with Crippen molar-refractivity contribution in [3.05, 3.63) is 58.3 Å². The number of halogens is 5. The van der Waals surface area contributed by atoms with E-state index in [9.17, 15) is 31.9 Å². The zero-order valence-electron chi connectivity index (χ0n) is 20.0. The number of hydrogen-bond donors (Lipinski definition) is 1. The highest BCUT2D eigenvalue weighted by atomic mass is 35.5. The van der Waals surface area contributed by atoms with Crippen LogP contribution in [0.2, 0.25) is 5.02 Å². The molecule has 0 spiro atoms. The number of aromatic nitrogens is 3. The summed E-state index contributed by atoms with van der Waals surface area (Å²) >= 11 is 5.87. The molecule has 8 nitrogen and oxygen atoms in total. The second-order valence-corrected chi connectivity index (χ2v) is 10.2. The Balaban J connectivity index is 1.38. The van der Waals surface area contributed by atoms with Crippen molar-refractivity contribution in [2.75, 3.05) is 0 Å². The number of pyridine rings is 1. The molecule has 2 amide bonds. The standard InChI is InChI=1S/C25H22ClF4N5O3/c1-11(13-3-2-4-15(26)22(13)27)5-19(36)17-7-12-6-16(12)35(17)21(37)10-34-18-9-32-20(25(28,29)30)8-14(18)23(33-34)24(31)38/h2-4,8-9,11-12,16-17H,5-7,10H2,1H3,(H2,31,38)/t11-,12+,16+,17-/m0/s1. The van der Waals surface area contributed by atoms with Crippen LogP contribution in [0, 0.1) is 11.7 Å². The molecule has 1 aromatic carbocycles. The Hall–Kier alpha value is -3.54. The average Bonchev–Trinajstić information content (AvgIpc) is 3.35. The monoisotopic (exact) mass is 551 g/mol. The number of alkyl halides is 3. The predicted molar refractivity (Wildman–Crippen MR) is 128 cm³/mol. The van der Waals surface area contributed by atoms with Gasteiger partial charge in [-0.25, -0.2) is 9.37 Å². The van der Waals surface area contributed by atoms with Gasteiger partial charge in [-0.05, 0) is 42.4 Å². The van der Waals surface area contributed by atoms with E-state index in [1.807, 2.05) is 0 Å². The minimum Gasteiger partial charge on any atom is -0.364 e. The van der Waals surface area contributed by atoms with Crippen LogP contribution in [0.1, 0.15) is 53.8 Å². The lowest BCUT2D eigenvalue weighted by molar-refractivity contribution is -0.141. The molecule has 38 heavy (non-hydrogen) atoms. The number of fused-ring (bicyclic) bond motifs is 2. The molecule has 13 heteroatoms. The van der Waals surface area contributed by atoms with Gasteiger partial charge in [0, 0.05) is 17.8 Å². The van der Waals surface area contributed by atoms with E-state index < -0.39 is 53.7 Å². The first kappa shape index (κ1) is 26.1. The lowest BCUT2D eigenvalue weighted by atomic mass is 9.91. The van der Waals surface area contributed by atoms with Gasteiger partial charge in [0.15, 0.2) is 11.5 Å². The zero-order valence-corrected chi connectivity index (χ0v) is 20.8. The summed E-state index contributed by atoms with van der Waals surface area (Å²) in [4.78, 5) is 43.4. The summed E-state index contributed by atoms with van der Waals surface area (Å²) in [6, 6.07) is 4.39. The van der Waals surface area contributed by atoms with E-state index >= 15 is 0 Å². The lowest BCUT2D eigenvalue weighted by Gasteiger charge is -2.28. The molecule has 2 N–H and O–H groups in total. The Bertz CT molecular complexity index is 1470. The molecule has 2 fully saturated rings. The molecule has 0 unspecified atom stereocenters. The third-order valence-electron chi connectivity index (χ3n) is 7.23. The highest BCUT2D eigenvalue weighted by Gasteiger charge is 2.55. The summed E-state index contributed by atoms with van der Waals surface area (Å²) in [7, 11) is 0. The number of primary amides is 1. The number of ketones is 1. The Morgan fingerprint density at radius 1 is 1.24 bits per heavy atom. The van der Waals surface area contributed by atoms with E-state index in [-0.39, 0.29) is 40.1 Å². The fourth-order valence-corrected chi connectivity index (χ4v) is 5.47. The van der Waals surface area contributed by atoms with E-state index in [2.05, 4.69) is 10.1 Å². The van der Waals surface area contributed by atoms with Crippen LogP contribution in [0.25, 0.3) is 10.9 Å². The van der Waals surface area contributed by atoms with Crippen molar-refractivity contribution in [3.8, 4) is 0 Å². The molecule has 1 aliphatic heterocycles. The summed E-state index contributed by atoms with van der Waals surface area (Å²) < 4.78 is 55.0. The second-order valence-electron chi connectivity index (χ2n) is 9.79. The van der Waals surface area contributed by atoms with Gasteiger partial charge < -0.3 is 10.6 Å². The maximum Gasteiger partial charge on any atom is 0.433 e. The van der Waals surface area contributed by atoms with Crippen molar-refractivity contribution >= 4 is 40.1 Å². The summed E-state index contributed by atoms with van der Waals surface area (Å²) in [5.74, 6) is -2.66. The van der Waals surface area contributed by atoms with Crippen molar-refractivity contribution < 1.29 is 31.9 Å². The van der Waals surface area contributed by atoms with Crippen molar-refractivity contribution in [2.45, 2.75) is 56.9 Å². The molecular weight excluding hydrogens is 530 g/mol. The van der Waals surface area contributed by atoms with Gasteiger partial charge in [-0.2, -0.15) is 18.3 Å². The van der Waals surface area contributed by atoms with E-state index in [0.29, 0.717) is 18.1 Å². The van der Waals surface area contributed by atoms with Crippen molar-refractivity contribution in [1.29, 1.82) is 0 Å². The third-order valence-corrected chi connectivity index (χ3v) is 7.52. The van der Waals surface area contributed by atoms with E-state index in [0.717, 1.165) is 17.3 Å². The van der Waals surface area contributed by atoms with Gasteiger partial charge in [0.2, 0.25) is 5.91 Å². The SMILES string of the molecule is C[C@@H](CC(=O)[C@@H]1C[C@H]2C[C@H]2N1C(=O)Cn1nc(C(N)=O)c2cc(C(F)(F)F)ncc21)c1cccc(Cl)c1F. The predicted octanol–water partition coefficient (Wildman–Crippen LogP) is 4.09. The number of carbonyl (C=O) groups excluding carboxylic acids is 3. The van der Waals surface area contributed by atoms with Gasteiger partial charge in [-0.3, -0.25) is 19.1 Å². The number of carbonyl (C=O) groups is 3. The first-order chi connectivity index (χ1) is 17.9. The number of nitrogens with two attached hydrogens (primary N) is 1.